The fourth-order valence-corrected chi connectivity index (χ4v) is 6.33. The zero-order valence-electron chi connectivity index (χ0n) is 18.1. The zero-order chi connectivity index (χ0) is 22.2. The van der Waals surface area contributed by atoms with E-state index in [9.17, 15) is 9.90 Å². The van der Waals surface area contributed by atoms with Crippen LogP contribution in [0.5, 0.6) is 5.75 Å². The molecular formula is C25H27ClN2O3S. The Bertz CT molecular complexity index is 1150. The summed E-state index contributed by atoms with van der Waals surface area (Å²) in [6.07, 6.45) is 6.03. The number of thiophene rings is 1. The van der Waals surface area contributed by atoms with Gasteiger partial charge in [-0.25, -0.2) is 0 Å². The molecule has 1 N–H and O–H groups in total. The summed E-state index contributed by atoms with van der Waals surface area (Å²) in [5.74, 6) is 0.936. The van der Waals surface area contributed by atoms with E-state index in [4.69, 9.17) is 16.3 Å². The first kappa shape index (κ1) is 21.7. The lowest BCUT2D eigenvalue weighted by Gasteiger charge is -2.28. The number of hydrogen-bond acceptors (Lipinski definition) is 5. The number of ether oxygens (including phenoxy) is 1. The van der Waals surface area contributed by atoms with Gasteiger partial charge in [0, 0.05) is 58.2 Å². The number of likely N-dealkylation sites (tertiary alicyclic amines) is 1. The van der Waals surface area contributed by atoms with E-state index in [2.05, 4.69) is 18.0 Å². The van der Waals surface area contributed by atoms with Crippen LogP contribution in [0, 0.1) is 0 Å². The van der Waals surface area contributed by atoms with Crippen molar-refractivity contribution in [3.63, 3.8) is 0 Å². The summed E-state index contributed by atoms with van der Waals surface area (Å²) in [5.41, 5.74) is 3.79. The minimum atomic E-state index is -0.490. The van der Waals surface area contributed by atoms with Crippen molar-refractivity contribution in [2.24, 2.45) is 0 Å². The molecule has 2 aliphatic heterocycles. The second-order valence-electron chi connectivity index (χ2n) is 8.65. The zero-order valence-corrected chi connectivity index (χ0v) is 19.7. The number of benzene rings is 1. The van der Waals surface area contributed by atoms with Gasteiger partial charge in [-0.2, -0.15) is 0 Å². The lowest BCUT2D eigenvalue weighted by atomic mass is 10.00. The number of rotatable bonds is 5. The fourth-order valence-electron chi connectivity index (χ4n) is 4.77. The van der Waals surface area contributed by atoms with E-state index in [-0.39, 0.29) is 18.4 Å². The first-order valence-corrected chi connectivity index (χ1v) is 12.6. The van der Waals surface area contributed by atoms with Crippen molar-refractivity contribution < 1.29 is 14.6 Å². The second kappa shape index (κ2) is 9.00. The van der Waals surface area contributed by atoms with Gasteiger partial charge in [0.1, 0.15) is 5.75 Å². The molecule has 2 aromatic heterocycles. The maximum absolute atomic E-state index is 13.1. The van der Waals surface area contributed by atoms with Crippen LogP contribution in [0.15, 0.2) is 30.5 Å². The molecule has 2 unspecified atom stereocenters. The van der Waals surface area contributed by atoms with E-state index in [0.717, 1.165) is 69.9 Å². The number of nitrogens with zero attached hydrogens (tertiary/aromatic N) is 2. The molecule has 0 bridgehead atoms. The minimum absolute atomic E-state index is 0.0787. The van der Waals surface area contributed by atoms with Gasteiger partial charge in [-0.05, 0) is 49.9 Å². The van der Waals surface area contributed by atoms with Crippen LogP contribution in [0.1, 0.15) is 49.0 Å². The van der Waals surface area contributed by atoms with Gasteiger partial charge in [-0.1, -0.05) is 18.5 Å². The number of pyridine rings is 1. The Morgan fingerprint density at radius 2 is 2.09 bits per heavy atom. The van der Waals surface area contributed by atoms with E-state index in [0.29, 0.717) is 11.4 Å². The Hall–Kier alpha value is -2.15. The number of aliphatic hydroxyl groups excluding tert-OH is 1. The van der Waals surface area contributed by atoms with Gasteiger partial charge in [0.15, 0.2) is 6.10 Å². The molecule has 1 aromatic carbocycles. The van der Waals surface area contributed by atoms with Gasteiger partial charge in [-0.3, -0.25) is 9.78 Å². The molecule has 0 aliphatic carbocycles. The summed E-state index contributed by atoms with van der Waals surface area (Å²) in [6, 6.07) is 7.90. The normalized spacial score (nSPS) is 19.1. The molecule has 7 heteroatoms. The Morgan fingerprint density at radius 1 is 1.28 bits per heavy atom. The summed E-state index contributed by atoms with van der Waals surface area (Å²) in [4.78, 5) is 20.7. The lowest BCUT2D eigenvalue weighted by molar-refractivity contribution is -0.138. The van der Waals surface area contributed by atoms with Gasteiger partial charge >= 0.3 is 0 Å². The van der Waals surface area contributed by atoms with Gasteiger partial charge < -0.3 is 14.7 Å². The first-order chi connectivity index (χ1) is 15.6. The van der Waals surface area contributed by atoms with Crippen molar-refractivity contribution in [3.05, 3.63) is 45.9 Å². The van der Waals surface area contributed by atoms with E-state index in [1.54, 1.807) is 17.5 Å². The van der Waals surface area contributed by atoms with Crippen LogP contribution >= 0.6 is 22.9 Å². The summed E-state index contributed by atoms with van der Waals surface area (Å²) in [7, 11) is 0. The molecule has 1 fully saturated rings. The van der Waals surface area contributed by atoms with Crippen LogP contribution in [0.2, 0.25) is 5.02 Å². The molecule has 0 spiro atoms. The van der Waals surface area contributed by atoms with Gasteiger partial charge in [0.25, 0.3) is 5.91 Å². The number of fused-ring (bicyclic) bond motifs is 2. The number of aromatic nitrogens is 1. The van der Waals surface area contributed by atoms with Crippen molar-refractivity contribution >= 4 is 39.1 Å². The number of halogens is 1. The Balaban J connectivity index is 1.53. The average molecular weight is 471 g/mol. The molecule has 2 atom stereocenters. The predicted octanol–water partition coefficient (Wildman–Crippen LogP) is 5.42. The lowest BCUT2D eigenvalue weighted by Crippen LogP contribution is -2.43. The standard InChI is InChI=1S/C25H27ClN2O3S/c1-2-15(14-29)22-13-20-24(32-22)18(6-7-27-20)19-12-17(26)10-16-11-21(31-23(16)19)25(30)28-8-4-3-5-9-28/h6-7,10,12-13,15,21,29H,2-5,8-9,11,14H2,1H3. The molecular weight excluding hydrogens is 444 g/mol. The highest BCUT2D eigenvalue weighted by atomic mass is 35.5. The topological polar surface area (TPSA) is 62.7 Å². The van der Waals surface area contributed by atoms with E-state index >= 15 is 0 Å². The summed E-state index contributed by atoms with van der Waals surface area (Å²) in [5, 5.41) is 10.4. The van der Waals surface area contributed by atoms with Crippen molar-refractivity contribution in [3.8, 4) is 16.9 Å². The third kappa shape index (κ3) is 3.89. The predicted molar refractivity (Wildman–Crippen MR) is 129 cm³/mol. The molecule has 4 heterocycles. The van der Waals surface area contributed by atoms with Crippen LogP contribution in [-0.4, -0.2) is 46.7 Å². The van der Waals surface area contributed by atoms with E-state index in [1.165, 1.54) is 6.42 Å². The average Bonchev–Trinajstić information content (AvgIpc) is 3.43. The number of hydrogen-bond donors (Lipinski definition) is 1. The maximum Gasteiger partial charge on any atom is 0.263 e. The summed E-state index contributed by atoms with van der Waals surface area (Å²) in [6.45, 7) is 3.83. The highest BCUT2D eigenvalue weighted by Crippen LogP contribution is 2.45. The maximum atomic E-state index is 13.1. The van der Waals surface area contributed by atoms with Crippen LogP contribution < -0.4 is 4.74 Å². The molecule has 2 aliphatic rings. The number of carbonyl (C=O) groups is 1. The Labute approximate surface area is 197 Å². The molecule has 3 aromatic rings. The van der Waals surface area contributed by atoms with Gasteiger partial charge in [0.2, 0.25) is 0 Å². The molecule has 5 nitrogen and oxygen atoms in total. The van der Waals surface area contributed by atoms with Crippen molar-refractivity contribution in [1.29, 1.82) is 0 Å². The molecule has 1 saturated heterocycles. The van der Waals surface area contributed by atoms with Crippen molar-refractivity contribution in [2.45, 2.75) is 51.0 Å². The molecule has 0 radical (unpaired) electrons. The smallest absolute Gasteiger partial charge is 0.263 e. The molecule has 5 rings (SSSR count). The number of piperidine rings is 1. The highest BCUT2D eigenvalue weighted by molar-refractivity contribution is 7.19. The molecule has 32 heavy (non-hydrogen) atoms. The summed E-state index contributed by atoms with van der Waals surface area (Å²) < 4.78 is 7.35. The fraction of sp³-hybridized carbons (Fsp3) is 0.440. The number of aliphatic hydroxyl groups is 1. The van der Waals surface area contributed by atoms with Gasteiger partial charge in [0.05, 0.1) is 16.8 Å². The van der Waals surface area contributed by atoms with E-state index < -0.39 is 6.10 Å². The van der Waals surface area contributed by atoms with Gasteiger partial charge in [-0.15, -0.1) is 11.3 Å². The first-order valence-electron chi connectivity index (χ1n) is 11.4. The number of amides is 1. The highest BCUT2D eigenvalue weighted by Gasteiger charge is 2.35. The van der Waals surface area contributed by atoms with Crippen LogP contribution in [0.25, 0.3) is 21.3 Å². The Kier molecular flexibility index (Phi) is 6.10. The third-order valence-corrected chi connectivity index (χ3v) is 8.11. The van der Waals surface area contributed by atoms with Crippen molar-refractivity contribution in [2.75, 3.05) is 19.7 Å². The monoisotopic (exact) mass is 470 g/mol. The Morgan fingerprint density at radius 3 is 2.84 bits per heavy atom. The largest absolute Gasteiger partial charge is 0.479 e. The molecule has 168 valence electrons. The van der Waals surface area contributed by atoms with Crippen LogP contribution in [-0.2, 0) is 11.2 Å². The van der Waals surface area contributed by atoms with E-state index in [1.807, 2.05) is 23.1 Å². The summed E-state index contributed by atoms with van der Waals surface area (Å²) >= 11 is 8.17. The second-order valence-corrected chi connectivity index (χ2v) is 10.2. The quantitative estimate of drug-likeness (QED) is 0.541. The molecule has 0 saturated carbocycles. The third-order valence-electron chi connectivity index (χ3n) is 6.58. The van der Waals surface area contributed by atoms with Crippen LogP contribution in [0.4, 0.5) is 0 Å². The minimum Gasteiger partial charge on any atom is -0.479 e. The van der Waals surface area contributed by atoms with Crippen molar-refractivity contribution in [1.82, 2.24) is 9.88 Å². The molecule has 1 amide bonds. The SMILES string of the molecule is CCC(CO)c1cc2nccc(-c3cc(Cl)cc4c3OC(C(=O)N3CCCCC3)C4)c2s1. The number of carbonyl (C=O) groups excluding carboxylic acids is 1. The van der Waals surface area contributed by atoms with Crippen LogP contribution in [0.3, 0.4) is 0 Å².